The zero-order chi connectivity index (χ0) is 17.5. The van der Waals surface area contributed by atoms with Crippen molar-refractivity contribution < 1.29 is 4.74 Å². The fraction of sp³-hybridized carbons (Fsp3) is 0.381. The molecule has 0 aliphatic heterocycles. The van der Waals surface area contributed by atoms with Gasteiger partial charge in [0.25, 0.3) is 0 Å². The number of fused-ring (bicyclic) bond motifs is 1. The van der Waals surface area contributed by atoms with Crippen molar-refractivity contribution in [3.8, 4) is 0 Å². The van der Waals surface area contributed by atoms with Crippen molar-refractivity contribution in [2.24, 2.45) is 10.7 Å². The Bertz CT molecular complexity index is 712. The van der Waals surface area contributed by atoms with Crippen molar-refractivity contribution in [2.75, 3.05) is 18.5 Å². The molecule has 4 nitrogen and oxygen atoms in total. The molecule has 4 heteroatoms. The molecule has 0 aromatic heterocycles. The maximum atomic E-state index is 5.98. The van der Waals surface area contributed by atoms with E-state index in [1.807, 2.05) is 18.2 Å². The topological polar surface area (TPSA) is 59.6 Å². The SMILES string of the molecule is CC(OCCCN=C(N)Nc1ccc2c(c1)CCC2)c1ccccc1. The average Bonchev–Trinajstić information content (AvgIpc) is 3.09. The van der Waals surface area contributed by atoms with Gasteiger partial charge >= 0.3 is 0 Å². The van der Waals surface area contributed by atoms with Crippen molar-refractivity contribution in [1.82, 2.24) is 0 Å². The van der Waals surface area contributed by atoms with E-state index in [9.17, 15) is 0 Å². The summed E-state index contributed by atoms with van der Waals surface area (Å²) in [5.74, 6) is 0.467. The molecule has 2 aromatic rings. The van der Waals surface area contributed by atoms with Crippen molar-refractivity contribution in [3.63, 3.8) is 0 Å². The van der Waals surface area contributed by atoms with Crippen LogP contribution in [0.4, 0.5) is 5.69 Å². The zero-order valence-electron chi connectivity index (χ0n) is 14.9. The van der Waals surface area contributed by atoms with Crippen molar-refractivity contribution in [2.45, 2.75) is 38.7 Å². The van der Waals surface area contributed by atoms with E-state index in [4.69, 9.17) is 10.5 Å². The number of aryl methyl sites for hydroxylation is 2. The Morgan fingerprint density at radius 1 is 1.16 bits per heavy atom. The maximum Gasteiger partial charge on any atom is 0.193 e. The second-order valence-corrected chi connectivity index (χ2v) is 6.51. The van der Waals surface area contributed by atoms with Crippen molar-refractivity contribution >= 4 is 11.6 Å². The molecule has 1 aliphatic rings. The second-order valence-electron chi connectivity index (χ2n) is 6.51. The minimum absolute atomic E-state index is 0.104. The minimum atomic E-state index is 0.104. The Morgan fingerprint density at radius 3 is 2.80 bits per heavy atom. The number of hydrogen-bond donors (Lipinski definition) is 2. The number of nitrogens with two attached hydrogens (primary N) is 1. The standard InChI is InChI=1S/C21H27N3O/c1-16(17-7-3-2-4-8-17)25-14-6-13-23-21(22)24-20-12-11-18-9-5-10-19(18)15-20/h2-4,7-8,11-12,15-16H,5-6,9-10,13-14H2,1H3,(H3,22,23,24). The van der Waals surface area contributed by atoms with Gasteiger partial charge in [-0.2, -0.15) is 0 Å². The number of nitrogens with one attached hydrogen (secondary N) is 1. The van der Waals surface area contributed by atoms with Crippen LogP contribution in [0, 0.1) is 0 Å². The fourth-order valence-corrected chi connectivity index (χ4v) is 3.18. The van der Waals surface area contributed by atoms with E-state index < -0.39 is 0 Å². The quantitative estimate of drug-likeness (QED) is 0.455. The molecule has 0 spiro atoms. The Kier molecular flexibility index (Phi) is 6.07. The first kappa shape index (κ1) is 17.5. The van der Waals surface area contributed by atoms with E-state index in [2.05, 4.69) is 47.6 Å². The molecule has 0 saturated carbocycles. The molecule has 1 atom stereocenters. The summed E-state index contributed by atoms with van der Waals surface area (Å²) in [5.41, 5.74) is 11.1. The van der Waals surface area contributed by atoms with Crippen LogP contribution in [0.2, 0.25) is 0 Å². The van der Waals surface area contributed by atoms with Gasteiger partial charge in [-0.15, -0.1) is 0 Å². The van der Waals surface area contributed by atoms with Gasteiger partial charge in [0, 0.05) is 18.8 Å². The third-order valence-corrected chi connectivity index (χ3v) is 4.59. The van der Waals surface area contributed by atoms with Gasteiger partial charge in [0.05, 0.1) is 6.10 Å². The Morgan fingerprint density at radius 2 is 1.96 bits per heavy atom. The van der Waals surface area contributed by atoms with Crippen LogP contribution in [-0.4, -0.2) is 19.1 Å². The van der Waals surface area contributed by atoms with Crippen molar-refractivity contribution in [1.29, 1.82) is 0 Å². The first-order valence-electron chi connectivity index (χ1n) is 9.07. The van der Waals surface area contributed by atoms with E-state index in [0.29, 0.717) is 19.1 Å². The molecule has 0 amide bonds. The van der Waals surface area contributed by atoms with Gasteiger partial charge in [-0.1, -0.05) is 36.4 Å². The highest BCUT2D eigenvalue weighted by molar-refractivity contribution is 5.92. The van der Waals surface area contributed by atoms with Crippen LogP contribution < -0.4 is 11.1 Å². The lowest BCUT2D eigenvalue weighted by Crippen LogP contribution is -2.23. The average molecular weight is 337 g/mol. The summed E-state index contributed by atoms with van der Waals surface area (Å²) in [6.45, 7) is 3.40. The van der Waals surface area contributed by atoms with Crippen LogP contribution in [0.25, 0.3) is 0 Å². The normalized spacial score (nSPS) is 15.0. The monoisotopic (exact) mass is 337 g/mol. The molecule has 25 heavy (non-hydrogen) atoms. The third kappa shape index (κ3) is 5.07. The smallest absolute Gasteiger partial charge is 0.193 e. The summed E-state index contributed by atoms with van der Waals surface area (Å²) in [6.07, 6.45) is 4.57. The molecule has 0 heterocycles. The van der Waals surface area contributed by atoms with Gasteiger partial charge in [0.2, 0.25) is 0 Å². The summed E-state index contributed by atoms with van der Waals surface area (Å²) in [6, 6.07) is 16.7. The van der Waals surface area contributed by atoms with Crippen LogP contribution in [0.15, 0.2) is 53.5 Å². The van der Waals surface area contributed by atoms with Gasteiger partial charge in [0.15, 0.2) is 5.96 Å². The number of guanidine groups is 1. The maximum absolute atomic E-state index is 5.98. The molecule has 3 N–H and O–H groups in total. The van der Waals surface area contributed by atoms with Gasteiger partial charge in [-0.3, -0.25) is 4.99 Å². The number of ether oxygens (including phenoxy) is 1. The molecule has 1 aliphatic carbocycles. The van der Waals surface area contributed by atoms with Crippen LogP contribution in [-0.2, 0) is 17.6 Å². The third-order valence-electron chi connectivity index (χ3n) is 4.59. The summed E-state index contributed by atoms with van der Waals surface area (Å²) < 4.78 is 5.85. The highest BCUT2D eigenvalue weighted by Gasteiger charge is 2.10. The van der Waals surface area contributed by atoms with E-state index in [1.54, 1.807) is 0 Å². The lowest BCUT2D eigenvalue weighted by Gasteiger charge is -2.13. The van der Waals surface area contributed by atoms with Crippen molar-refractivity contribution in [3.05, 3.63) is 65.2 Å². The molecular weight excluding hydrogens is 310 g/mol. The van der Waals surface area contributed by atoms with Crippen LogP contribution in [0.3, 0.4) is 0 Å². The number of benzene rings is 2. The first-order chi connectivity index (χ1) is 12.2. The van der Waals surface area contributed by atoms with Gasteiger partial charge in [-0.05, 0) is 61.4 Å². The summed E-state index contributed by atoms with van der Waals surface area (Å²) in [4.78, 5) is 4.39. The molecule has 0 saturated heterocycles. The second kappa shape index (κ2) is 8.67. The molecule has 0 fully saturated rings. The number of nitrogens with zero attached hydrogens (tertiary/aromatic N) is 1. The summed E-state index contributed by atoms with van der Waals surface area (Å²) >= 11 is 0. The molecule has 3 rings (SSSR count). The molecule has 0 radical (unpaired) electrons. The van der Waals surface area contributed by atoms with E-state index >= 15 is 0 Å². The summed E-state index contributed by atoms with van der Waals surface area (Å²) in [5, 5.41) is 3.18. The Labute approximate surface area is 150 Å². The van der Waals surface area contributed by atoms with Crippen LogP contribution in [0.5, 0.6) is 0 Å². The zero-order valence-corrected chi connectivity index (χ0v) is 14.9. The number of aliphatic imine (C=N–C) groups is 1. The Hall–Kier alpha value is -2.33. The predicted molar refractivity (Wildman–Crippen MR) is 104 cm³/mol. The van der Waals surface area contributed by atoms with Crippen LogP contribution in [0.1, 0.15) is 42.6 Å². The molecule has 132 valence electrons. The molecular formula is C21H27N3O. The van der Waals surface area contributed by atoms with Gasteiger partial charge in [-0.25, -0.2) is 0 Å². The van der Waals surface area contributed by atoms with E-state index in [1.165, 1.54) is 36.0 Å². The van der Waals surface area contributed by atoms with E-state index in [-0.39, 0.29) is 6.10 Å². The largest absolute Gasteiger partial charge is 0.374 e. The lowest BCUT2D eigenvalue weighted by molar-refractivity contribution is 0.0652. The van der Waals surface area contributed by atoms with Gasteiger partial charge in [0.1, 0.15) is 0 Å². The number of rotatable bonds is 7. The molecule has 1 unspecified atom stereocenters. The molecule has 0 bridgehead atoms. The predicted octanol–water partition coefficient (Wildman–Crippen LogP) is 4.07. The fourth-order valence-electron chi connectivity index (χ4n) is 3.18. The van der Waals surface area contributed by atoms with Crippen LogP contribution >= 0.6 is 0 Å². The molecule has 2 aromatic carbocycles. The number of anilines is 1. The van der Waals surface area contributed by atoms with Gasteiger partial charge < -0.3 is 15.8 Å². The minimum Gasteiger partial charge on any atom is -0.374 e. The van der Waals surface area contributed by atoms with E-state index in [0.717, 1.165) is 12.1 Å². The lowest BCUT2D eigenvalue weighted by atomic mass is 10.1. The highest BCUT2D eigenvalue weighted by atomic mass is 16.5. The summed E-state index contributed by atoms with van der Waals surface area (Å²) in [7, 11) is 0. The first-order valence-corrected chi connectivity index (χ1v) is 9.07. The number of hydrogen-bond acceptors (Lipinski definition) is 2. The highest BCUT2D eigenvalue weighted by Crippen LogP contribution is 2.24. The Balaban J connectivity index is 1.39.